The number of hydrogen-bond donors (Lipinski definition) is 0. The van der Waals surface area contributed by atoms with Crippen LogP contribution in [0, 0.1) is 5.92 Å². The predicted molar refractivity (Wildman–Crippen MR) is 53.4 cm³/mol. The molecular weight excluding hydrogens is 182 g/mol. The smallest absolute Gasteiger partial charge is 0.246 e. The molecule has 0 aromatic carbocycles. The molecule has 0 aliphatic rings. The molecule has 0 rings (SSSR count). The maximum atomic E-state index is 11.4. The summed E-state index contributed by atoms with van der Waals surface area (Å²) in [6.45, 7) is 5.56. The molecule has 0 unspecified atom stereocenters. The summed E-state index contributed by atoms with van der Waals surface area (Å²) < 4.78 is 0. The van der Waals surface area contributed by atoms with Gasteiger partial charge in [0.2, 0.25) is 5.91 Å². The maximum Gasteiger partial charge on any atom is 0.246 e. The third kappa shape index (κ3) is 4.18. The van der Waals surface area contributed by atoms with Crippen LogP contribution >= 0.6 is 0 Å². The Morgan fingerprint density at radius 3 is 2.57 bits per heavy atom. The van der Waals surface area contributed by atoms with Crippen LogP contribution in [0.2, 0.25) is 0 Å². The Balaban J connectivity index is 4.22. The molecule has 0 saturated heterocycles. The average Bonchev–Trinajstić information content (AvgIpc) is 2.15. The molecule has 0 bridgehead atoms. The number of carbonyl (C=O) groups is 2. The molecule has 0 heterocycles. The number of rotatable bonds is 6. The molecule has 1 amide bonds. The fourth-order valence-electron chi connectivity index (χ4n) is 1.02. The van der Waals surface area contributed by atoms with Crippen LogP contribution in [0.25, 0.3) is 0 Å². The van der Waals surface area contributed by atoms with Gasteiger partial charge >= 0.3 is 0 Å². The predicted octanol–water partition coefficient (Wildman–Crippen LogP) is 1.18. The number of hydroxylamine groups is 2. The summed E-state index contributed by atoms with van der Waals surface area (Å²) in [5, 5.41) is 1.15. The number of nitrogens with zero attached hydrogens (tertiary/aromatic N) is 1. The van der Waals surface area contributed by atoms with E-state index in [1.807, 2.05) is 6.92 Å². The summed E-state index contributed by atoms with van der Waals surface area (Å²) >= 11 is 0. The molecule has 0 saturated carbocycles. The van der Waals surface area contributed by atoms with Gasteiger partial charge in [0.05, 0.1) is 7.11 Å². The lowest BCUT2D eigenvalue weighted by atomic mass is 9.95. The Bertz CT molecular complexity index is 225. The summed E-state index contributed by atoms with van der Waals surface area (Å²) in [6.07, 6.45) is 1.40. The van der Waals surface area contributed by atoms with Gasteiger partial charge in [0.25, 0.3) is 0 Å². The summed E-state index contributed by atoms with van der Waals surface area (Å²) in [7, 11) is 2.96. The van der Waals surface area contributed by atoms with Crippen molar-refractivity contribution in [3.8, 4) is 0 Å². The van der Waals surface area contributed by atoms with E-state index in [0.29, 0.717) is 6.42 Å². The first-order valence-corrected chi connectivity index (χ1v) is 4.42. The highest BCUT2D eigenvalue weighted by molar-refractivity contribution is 5.75. The molecule has 0 radical (unpaired) electrons. The quantitative estimate of drug-likeness (QED) is 0.366. The van der Waals surface area contributed by atoms with Gasteiger partial charge in [-0.2, -0.15) is 0 Å². The number of hydrogen-bond acceptors (Lipinski definition) is 3. The van der Waals surface area contributed by atoms with Crippen LogP contribution in [0.1, 0.15) is 19.8 Å². The zero-order valence-electron chi connectivity index (χ0n) is 8.95. The minimum Gasteiger partial charge on any atom is -0.303 e. The molecule has 0 aromatic heterocycles. The van der Waals surface area contributed by atoms with Crippen molar-refractivity contribution in [1.82, 2.24) is 5.06 Å². The lowest BCUT2D eigenvalue weighted by Gasteiger charge is -2.18. The lowest BCUT2D eigenvalue weighted by Crippen LogP contribution is -2.27. The Labute approximate surface area is 84.5 Å². The Kier molecular flexibility index (Phi) is 5.79. The van der Waals surface area contributed by atoms with Gasteiger partial charge < -0.3 is 4.79 Å². The molecular formula is C10H17NO3. The summed E-state index contributed by atoms with van der Waals surface area (Å²) in [6, 6.07) is 0. The van der Waals surface area contributed by atoms with Crippen LogP contribution in [0.15, 0.2) is 12.2 Å². The molecule has 80 valence electrons. The van der Waals surface area contributed by atoms with Crippen molar-refractivity contribution in [3.63, 3.8) is 0 Å². The minimum atomic E-state index is -0.151. The largest absolute Gasteiger partial charge is 0.303 e. The molecule has 4 heteroatoms. The maximum absolute atomic E-state index is 11.4. The molecule has 0 fully saturated rings. The summed E-state index contributed by atoms with van der Waals surface area (Å²) in [4.78, 5) is 26.5. The van der Waals surface area contributed by atoms with E-state index >= 15 is 0 Å². The molecule has 0 aliphatic carbocycles. The van der Waals surface area contributed by atoms with Crippen molar-refractivity contribution in [1.29, 1.82) is 0 Å². The first-order chi connectivity index (χ1) is 6.52. The van der Waals surface area contributed by atoms with Crippen LogP contribution in [-0.4, -0.2) is 31.4 Å². The van der Waals surface area contributed by atoms with Crippen molar-refractivity contribution in [3.05, 3.63) is 12.2 Å². The Hall–Kier alpha value is -1.16. The van der Waals surface area contributed by atoms with Crippen LogP contribution in [0.4, 0.5) is 0 Å². The summed E-state index contributed by atoms with van der Waals surface area (Å²) in [5.74, 6) is -0.236. The SMILES string of the molecule is C=C(C)[C@H](CC=O)CC(=O)N(C)OC. The number of allylic oxidation sites excluding steroid dienone is 1. The number of aldehydes is 1. The average molecular weight is 199 g/mol. The van der Waals surface area contributed by atoms with Gasteiger partial charge in [0, 0.05) is 19.9 Å². The van der Waals surface area contributed by atoms with E-state index in [1.54, 1.807) is 7.05 Å². The monoisotopic (exact) mass is 199 g/mol. The number of amides is 1. The van der Waals surface area contributed by atoms with E-state index in [0.717, 1.165) is 16.9 Å². The first kappa shape index (κ1) is 12.8. The summed E-state index contributed by atoms with van der Waals surface area (Å²) in [5.41, 5.74) is 0.843. The highest BCUT2D eigenvalue weighted by Gasteiger charge is 2.16. The van der Waals surface area contributed by atoms with Crippen LogP contribution < -0.4 is 0 Å². The highest BCUT2D eigenvalue weighted by Crippen LogP contribution is 2.17. The van der Waals surface area contributed by atoms with Crippen LogP contribution in [-0.2, 0) is 14.4 Å². The molecule has 1 atom stereocenters. The topological polar surface area (TPSA) is 46.6 Å². The molecule has 14 heavy (non-hydrogen) atoms. The number of carbonyl (C=O) groups excluding carboxylic acids is 2. The Morgan fingerprint density at radius 2 is 2.21 bits per heavy atom. The normalized spacial score (nSPS) is 11.9. The molecule has 4 nitrogen and oxygen atoms in total. The van der Waals surface area contributed by atoms with Gasteiger partial charge in [-0.15, -0.1) is 0 Å². The highest BCUT2D eigenvalue weighted by atomic mass is 16.7. The third-order valence-electron chi connectivity index (χ3n) is 2.12. The third-order valence-corrected chi connectivity index (χ3v) is 2.12. The van der Waals surface area contributed by atoms with Crippen LogP contribution in [0.5, 0.6) is 0 Å². The van der Waals surface area contributed by atoms with Gasteiger partial charge in [-0.05, 0) is 12.8 Å². The second-order valence-electron chi connectivity index (χ2n) is 3.22. The van der Waals surface area contributed by atoms with Crippen molar-refractivity contribution in [2.45, 2.75) is 19.8 Å². The molecule has 0 aromatic rings. The van der Waals surface area contributed by atoms with Crippen molar-refractivity contribution >= 4 is 12.2 Å². The molecule has 0 N–H and O–H groups in total. The zero-order chi connectivity index (χ0) is 11.1. The van der Waals surface area contributed by atoms with E-state index in [9.17, 15) is 9.59 Å². The fraction of sp³-hybridized carbons (Fsp3) is 0.600. The van der Waals surface area contributed by atoms with E-state index in [1.165, 1.54) is 7.11 Å². The van der Waals surface area contributed by atoms with Crippen molar-refractivity contribution in [2.24, 2.45) is 5.92 Å². The first-order valence-electron chi connectivity index (χ1n) is 4.42. The van der Waals surface area contributed by atoms with Crippen LogP contribution in [0.3, 0.4) is 0 Å². The van der Waals surface area contributed by atoms with Crippen molar-refractivity contribution < 1.29 is 14.4 Å². The molecule has 0 aliphatic heterocycles. The van der Waals surface area contributed by atoms with Gasteiger partial charge in [0.15, 0.2) is 0 Å². The van der Waals surface area contributed by atoms with Gasteiger partial charge in [0.1, 0.15) is 6.29 Å². The lowest BCUT2D eigenvalue weighted by molar-refractivity contribution is -0.169. The molecule has 0 spiro atoms. The minimum absolute atomic E-state index is 0.0856. The van der Waals surface area contributed by atoms with E-state index < -0.39 is 0 Å². The van der Waals surface area contributed by atoms with E-state index in [4.69, 9.17) is 4.84 Å². The van der Waals surface area contributed by atoms with E-state index in [-0.39, 0.29) is 18.2 Å². The van der Waals surface area contributed by atoms with Gasteiger partial charge in [-0.25, -0.2) is 5.06 Å². The second-order valence-corrected chi connectivity index (χ2v) is 3.22. The standard InChI is InChI=1S/C10H17NO3/c1-8(2)9(5-6-12)7-10(13)11(3)14-4/h6,9H,1,5,7H2,2-4H3/t9-/m1/s1. The van der Waals surface area contributed by atoms with Crippen molar-refractivity contribution in [2.75, 3.05) is 14.2 Å². The fourth-order valence-corrected chi connectivity index (χ4v) is 1.02. The van der Waals surface area contributed by atoms with E-state index in [2.05, 4.69) is 6.58 Å². The zero-order valence-corrected chi connectivity index (χ0v) is 8.95. The van der Waals surface area contributed by atoms with Gasteiger partial charge in [-0.1, -0.05) is 12.2 Å². The second kappa shape index (κ2) is 6.32. The van der Waals surface area contributed by atoms with Gasteiger partial charge in [-0.3, -0.25) is 9.63 Å². The Morgan fingerprint density at radius 1 is 1.64 bits per heavy atom.